The Morgan fingerprint density at radius 2 is 2.00 bits per heavy atom. The number of nitrogens with one attached hydrogen (secondary N) is 1. The van der Waals surface area contributed by atoms with Gasteiger partial charge in [-0.3, -0.25) is 8.74 Å². The summed E-state index contributed by atoms with van der Waals surface area (Å²) in [5, 5.41) is 2.98. The molecular formula is C10H15NO3S2. The van der Waals surface area contributed by atoms with Crippen LogP contribution in [0.5, 0.6) is 0 Å². The Kier molecular flexibility index (Phi) is 4.82. The van der Waals surface area contributed by atoms with E-state index in [9.17, 15) is 4.21 Å². The van der Waals surface area contributed by atoms with Crippen LogP contribution in [0.3, 0.4) is 0 Å². The Hall–Kier alpha value is -0.530. The minimum absolute atomic E-state index is 0.113. The van der Waals surface area contributed by atoms with Crippen LogP contribution in [0.15, 0.2) is 30.3 Å². The summed E-state index contributed by atoms with van der Waals surface area (Å²) in [6.45, 7) is 1.86. The molecule has 4 nitrogen and oxygen atoms in total. The highest BCUT2D eigenvalue weighted by Gasteiger charge is 2.22. The lowest BCUT2D eigenvalue weighted by Gasteiger charge is -2.23. The van der Waals surface area contributed by atoms with Gasteiger partial charge in [0.1, 0.15) is 6.10 Å². The summed E-state index contributed by atoms with van der Waals surface area (Å²) in [7, 11) is -1.88. The number of likely N-dealkylation sites (N-methyl/N-ethyl adjacent to an activating group) is 1. The largest absolute Gasteiger partial charge is 0.314 e. The van der Waals surface area contributed by atoms with E-state index in [1.165, 1.54) is 0 Å². The minimum Gasteiger partial charge on any atom is -0.314 e. The topological polar surface area (TPSA) is 58.6 Å². The Balaban J connectivity index is 2.97. The lowest BCUT2D eigenvalue weighted by molar-refractivity contribution is 0.168. The van der Waals surface area contributed by atoms with Gasteiger partial charge in [-0.05, 0) is 19.5 Å². The Bertz CT molecular complexity index is 419. The first-order valence-corrected chi connectivity index (χ1v) is 7.18. The molecule has 0 aliphatic heterocycles. The molecule has 0 fully saturated rings. The molecule has 1 rings (SSSR count). The van der Waals surface area contributed by atoms with Gasteiger partial charge in [0.25, 0.3) is 9.05 Å². The number of rotatable bonds is 5. The van der Waals surface area contributed by atoms with E-state index in [-0.39, 0.29) is 6.04 Å². The fraction of sp³-hybridized carbons (Fsp3) is 0.400. The average molecular weight is 261 g/mol. The Morgan fingerprint density at radius 3 is 2.44 bits per heavy atom. The van der Waals surface area contributed by atoms with Gasteiger partial charge < -0.3 is 5.32 Å². The van der Waals surface area contributed by atoms with E-state index in [2.05, 4.69) is 16.5 Å². The molecule has 2 N–H and O–H groups in total. The van der Waals surface area contributed by atoms with Crippen LogP contribution in [-0.4, -0.2) is 21.9 Å². The monoisotopic (exact) mass is 261 g/mol. The van der Waals surface area contributed by atoms with Crippen LogP contribution in [0.1, 0.15) is 18.6 Å². The first kappa shape index (κ1) is 13.5. The number of hydrogen-bond donors (Lipinski definition) is 2. The highest BCUT2D eigenvalue weighted by Crippen LogP contribution is 2.22. The van der Waals surface area contributed by atoms with Gasteiger partial charge in [0, 0.05) is 17.2 Å². The molecule has 3 atom stereocenters. The molecule has 0 aliphatic rings. The standard InChI is InChI=1S/C10H15NO3S2/c1-8(11-2)10(14-16(12,13)15)9-6-4-3-5-7-9/h3-8,10-11H,1-2H3,(H,12,13,15). The van der Waals surface area contributed by atoms with Crippen molar-refractivity contribution in [1.82, 2.24) is 5.32 Å². The maximum Gasteiger partial charge on any atom is 0.267 e. The summed E-state index contributed by atoms with van der Waals surface area (Å²) in [5.41, 5.74) is 0.816. The van der Waals surface area contributed by atoms with Crippen LogP contribution >= 0.6 is 0 Å². The van der Waals surface area contributed by atoms with Gasteiger partial charge in [-0.2, -0.15) is 4.21 Å². The van der Waals surface area contributed by atoms with E-state index >= 15 is 0 Å². The van der Waals surface area contributed by atoms with E-state index in [1.54, 1.807) is 7.05 Å². The zero-order chi connectivity index (χ0) is 12.2. The molecule has 0 saturated carbocycles. The minimum atomic E-state index is -3.63. The molecule has 1 aromatic carbocycles. The maximum atomic E-state index is 11.1. The van der Waals surface area contributed by atoms with E-state index in [1.807, 2.05) is 37.3 Å². The summed E-state index contributed by atoms with van der Waals surface area (Å²) in [6.07, 6.45) is -0.541. The van der Waals surface area contributed by atoms with Crippen molar-refractivity contribution in [2.75, 3.05) is 7.05 Å². The molecule has 90 valence electrons. The van der Waals surface area contributed by atoms with Crippen molar-refractivity contribution in [3.05, 3.63) is 35.9 Å². The molecule has 0 aliphatic carbocycles. The number of hydrogen-bond acceptors (Lipinski definition) is 4. The molecule has 0 radical (unpaired) electrons. The van der Waals surface area contributed by atoms with Crippen LogP contribution in [0, 0.1) is 0 Å². The molecule has 0 spiro atoms. The third kappa shape index (κ3) is 4.15. The molecule has 0 amide bonds. The summed E-state index contributed by atoms with van der Waals surface area (Å²) >= 11 is 4.36. The van der Waals surface area contributed by atoms with E-state index in [0.717, 1.165) is 5.56 Å². The molecule has 0 heterocycles. The van der Waals surface area contributed by atoms with Crippen LogP contribution in [0.25, 0.3) is 0 Å². The third-order valence-electron chi connectivity index (χ3n) is 2.26. The molecule has 3 unspecified atom stereocenters. The molecular weight excluding hydrogens is 246 g/mol. The molecule has 0 bridgehead atoms. The van der Waals surface area contributed by atoms with Crippen LogP contribution < -0.4 is 5.32 Å². The average Bonchev–Trinajstić information content (AvgIpc) is 2.25. The van der Waals surface area contributed by atoms with Crippen LogP contribution in [0.2, 0.25) is 0 Å². The lowest BCUT2D eigenvalue weighted by Crippen LogP contribution is -2.31. The summed E-state index contributed by atoms with van der Waals surface area (Å²) in [4.78, 5) is 0. The van der Waals surface area contributed by atoms with Crippen molar-refractivity contribution in [2.24, 2.45) is 0 Å². The quantitative estimate of drug-likeness (QED) is 0.841. The van der Waals surface area contributed by atoms with Gasteiger partial charge in [0.15, 0.2) is 0 Å². The second-order valence-corrected chi connectivity index (χ2v) is 5.74. The molecule has 1 aromatic rings. The predicted molar refractivity (Wildman–Crippen MR) is 66.9 cm³/mol. The van der Waals surface area contributed by atoms with Crippen molar-refractivity contribution in [3.8, 4) is 0 Å². The maximum absolute atomic E-state index is 11.1. The van der Waals surface area contributed by atoms with E-state index < -0.39 is 15.2 Å². The third-order valence-corrected chi connectivity index (χ3v) is 2.95. The molecule has 0 saturated heterocycles. The van der Waals surface area contributed by atoms with E-state index in [0.29, 0.717) is 0 Å². The van der Waals surface area contributed by atoms with Crippen LogP contribution in [-0.2, 0) is 24.4 Å². The smallest absolute Gasteiger partial charge is 0.267 e. The van der Waals surface area contributed by atoms with Gasteiger partial charge in [0.2, 0.25) is 0 Å². The molecule has 0 aromatic heterocycles. The van der Waals surface area contributed by atoms with Crippen molar-refractivity contribution in [1.29, 1.82) is 0 Å². The molecule has 16 heavy (non-hydrogen) atoms. The highest BCUT2D eigenvalue weighted by molar-refractivity contribution is 8.27. The van der Waals surface area contributed by atoms with E-state index in [4.69, 9.17) is 8.74 Å². The Labute approximate surface area is 101 Å². The first-order chi connectivity index (χ1) is 7.44. The Morgan fingerprint density at radius 1 is 1.44 bits per heavy atom. The van der Waals surface area contributed by atoms with Crippen molar-refractivity contribution in [2.45, 2.75) is 19.1 Å². The van der Waals surface area contributed by atoms with Gasteiger partial charge in [-0.15, -0.1) is 0 Å². The van der Waals surface area contributed by atoms with Crippen molar-refractivity contribution in [3.63, 3.8) is 0 Å². The lowest BCUT2D eigenvalue weighted by atomic mass is 10.0. The second-order valence-electron chi connectivity index (χ2n) is 3.43. The van der Waals surface area contributed by atoms with Gasteiger partial charge in [-0.1, -0.05) is 30.3 Å². The summed E-state index contributed by atoms with van der Waals surface area (Å²) < 4.78 is 25.2. The fourth-order valence-corrected chi connectivity index (χ4v) is 2.15. The summed E-state index contributed by atoms with van der Waals surface area (Å²) in [6, 6.07) is 9.11. The fourth-order valence-electron chi connectivity index (χ4n) is 1.35. The normalized spacial score (nSPS) is 18.7. The predicted octanol–water partition coefficient (Wildman–Crippen LogP) is 1.49. The van der Waals surface area contributed by atoms with Crippen molar-refractivity contribution >= 4 is 20.2 Å². The zero-order valence-electron chi connectivity index (χ0n) is 9.12. The van der Waals surface area contributed by atoms with Gasteiger partial charge in [-0.25, -0.2) is 0 Å². The van der Waals surface area contributed by atoms with Crippen LogP contribution in [0.4, 0.5) is 0 Å². The zero-order valence-corrected chi connectivity index (χ0v) is 10.8. The van der Waals surface area contributed by atoms with Crippen molar-refractivity contribution < 1.29 is 12.9 Å². The molecule has 6 heteroatoms. The second kappa shape index (κ2) is 5.70. The first-order valence-electron chi connectivity index (χ1n) is 4.82. The van der Waals surface area contributed by atoms with Gasteiger partial charge in [0.05, 0.1) is 0 Å². The number of benzene rings is 1. The highest BCUT2D eigenvalue weighted by atomic mass is 32.9. The van der Waals surface area contributed by atoms with Gasteiger partial charge >= 0.3 is 0 Å². The SMILES string of the molecule is CNC(C)C(OS(=O)(O)=S)c1ccccc1. The summed E-state index contributed by atoms with van der Waals surface area (Å²) in [5.74, 6) is 0.